The van der Waals surface area contributed by atoms with E-state index in [1.54, 1.807) is 13.4 Å². The van der Waals surface area contributed by atoms with Gasteiger partial charge in [0.25, 0.3) is 0 Å². The van der Waals surface area contributed by atoms with Crippen molar-refractivity contribution in [3.63, 3.8) is 0 Å². The van der Waals surface area contributed by atoms with Crippen molar-refractivity contribution < 1.29 is 13.9 Å². The van der Waals surface area contributed by atoms with Crippen molar-refractivity contribution in [2.75, 3.05) is 20.2 Å². The van der Waals surface area contributed by atoms with Crippen LogP contribution < -0.4 is 4.74 Å². The zero-order chi connectivity index (χ0) is 18.3. The Kier molecular flexibility index (Phi) is 4.02. The lowest BCUT2D eigenvalue weighted by Gasteiger charge is -2.35. The van der Waals surface area contributed by atoms with Crippen LogP contribution in [-0.2, 0) is 24.4 Å². The summed E-state index contributed by atoms with van der Waals surface area (Å²) in [6, 6.07) is 12.1. The van der Waals surface area contributed by atoms with Gasteiger partial charge in [-0.1, -0.05) is 0 Å². The van der Waals surface area contributed by atoms with Gasteiger partial charge in [0.1, 0.15) is 29.5 Å². The van der Waals surface area contributed by atoms with Crippen LogP contribution in [0.5, 0.6) is 5.75 Å². The standard InChI is InChI=1S/C21H23N3O3/c1-25-17-6-4-16(5-7-17)19-11-22-20-13-27-21(15-24(19)20)8-9-23(14-21)12-18-3-2-10-26-18/h2-7,10-11H,8-9,12-15H2,1H3. The van der Waals surface area contributed by atoms with E-state index in [2.05, 4.69) is 26.6 Å². The topological polar surface area (TPSA) is 52.7 Å². The Morgan fingerprint density at radius 2 is 2.07 bits per heavy atom. The second-order valence-electron chi connectivity index (χ2n) is 7.39. The van der Waals surface area contributed by atoms with Crippen LogP contribution in [0.25, 0.3) is 11.3 Å². The summed E-state index contributed by atoms with van der Waals surface area (Å²) in [5, 5.41) is 0. The molecule has 0 radical (unpaired) electrons. The summed E-state index contributed by atoms with van der Waals surface area (Å²) in [6.45, 7) is 4.15. The molecule has 6 nitrogen and oxygen atoms in total. The van der Waals surface area contributed by atoms with Crippen molar-refractivity contribution in [3.05, 3.63) is 60.4 Å². The first-order valence-corrected chi connectivity index (χ1v) is 9.32. The second-order valence-corrected chi connectivity index (χ2v) is 7.39. The van der Waals surface area contributed by atoms with Crippen molar-refractivity contribution in [1.29, 1.82) is 0 Å². The van der Waals surface area contributed by atoms with Gasteiger partial charge in [0.2, 0.25) is 0 Å². The van der Waals surface area contributed by atoms with E-state index in [-0.39, 0.29) is 5.60 Å². The summed E-state index contributed by atoms with van der Waals surface area (Å²) >= 11 is 0. The number of fused-ring (bicyclic) bond motifs is 1. The van der Waals surface area contributed by atoms with E-state index < -0.39 is 0 Å². The molecule has 27 heavy (non-hydrogen) atoms. The Morgan fingerprint density at radius 1 is 1.19 bits per heavy atom. The van der Waals surface area contributed by atoms with Gasteiger partial charge in [-0.3, -0.25) is 4.90 Å². The summed E-state index contributed by atoms with van der Waals surface area (Å²) in [6.07, 6.45) is 4.71. The number of nitrogens with zero attached hydrogens (tertiary/aromatic N) is 3. The minimum Gasteiger partial charge on any atom is -0.497 e. The van der Waals surface area contributed by atoms with Gasteiger partial charge in [-0.2, -0.15) is 0 Å². The first-order valence-electron chi connectivity index (χ1n) is 9.32. The molecule has 2 aliphatic rings. The van der Waals surface area contributed by atoms with Crippen LogP contribution in [-0.4, -0.2) is 40.3 Å². The summed E-state index contributed by atoms with van der Waals surface area (Å²) in [4.78, 5) is 7.00. The van der Waals surface area contributed by atoms with Crippen molar-refractivity contribution in [3.8, 4) is 17.0 Å². The van der Waals surface area contributed by atoms with Crippen molar-refractivity contribution in [1.82, 2.24) is 14.5 Å². The number of hydrogen-bond donors (Lipinski definition) is 0. The van der Waals surface area contributed by atoms with Crippen LogP contribution in [0.3, 0.4) is 0 Å². The molecule has 5 rings (SSSR count). The number of ether oxygens (including phenoxy) is 2. The molecule has 2 aliphatic heterocycles. The molecule has 3 aromatic rings. The fraction of sp³-hybridized carbons (Fsp3) is 0.381. The van der Waals surface area contributed by atoms with Gasteiger partial charge in [0.05, 0.1) is 38.4 Å². The molecule has 2 aromatic heterocycles. The van der Waals surface area contributed by atoms with E-state index in [9.17, 15) is 0 Å². The summed E-state index contributed by atoms with van der Waals surface area (Å²) in [7, 11) is 1.69. The van der Waals surface area contributed by atoms with Crippen LogP contribution in [0.15, 0.2) is 53.3 Å². The number of rotatable bonds is 4. The number of benzene rings is 1. The Balaban J connectivity index is 1.37. The molecule has 0 aliphatic carbocycles. The zero-order valence-corrected chi connectivity index (χ0v) is 15.4. The molecular formula is C21H23N3O3. The predicted octanol–water partition coefficient (Wildman–Crippen LogP) is 3.33. The highest BCUT2D eigenvalue weighted by Crippen LogP contribution is 2.35. The summed E-state index contributed by atoms with van der Waals surface area (Å²) < 4.78 is 19.4. The van der Waals surface area contributed by atoms with Crippen LogP contribution in [0.1, 0.15) is 18.0 Å². The third kappa shape index (κ3) is 3.05. The molecule has 1 fully saturated rings. The third-order valence-corrected chi connectivity index (χ3v) is 5.63. The highest BCUT2D eigenvalue weighted by Gasteiger charge is 2.43. The largest absolute Gasteiger partial charge is 0.497 e. The van der Waals surface area contributed by atoms with Crippen LogP contribution in [0.4, 0.5) is 0 Å². The highest BCUT2D eigenvalue weighted by atomic mass is 16.5. The van der Waals surface area contributed by atoms with E-state index in [0.29, 0.717) is 6.61 Å². The number of furan rings is 1. The van der Waals surface area contributed by atoms with Gasteiger partial charge in [-0.25, -0.2) is 4.98 Å². The quantitative estimate of drug-likeness (QED) is 0.710. The maximum Gasteiger partial charge on any atom is 0.135 e. The van der Waals surface area contributed by atoms with E-state index in [1.807, 2.05) is 30.5 Å². The van der Waals surface area contributed by atoms with Gasteiger partial charge in [0.15, 0.2) is 0 Å². The van der Waals surface area contributed by atoms with Gasteiger partial charge in [0, 0.05) is 18.7 Å². The molecule has 4 heterocycles. The fourth-order valence-electron chi connectivity index (χ4n) is 4.18. The Hall–Kier alpha value is -2.57. The normalized spacial score (nSPS) is 22.3. The van der Waals surface area contributed by atoms with E-state index in [0.717, 1.165) is 61.2 Å². The van der Waals surface area contributed by atoms with E-state index in [4.69, 9.17) is 13.9 Å². The molecule has 0 bridgehead atoms. The van der Waals surface area contributed by atoms with Crippen molar-refractivity contribution in [2.24, 2.45) is 0 Å². The highest BCUT2D eigenvalue weighted by molar-refractivity contribution is 5.60. The van der Waals surface area contributed by atoms with Gasteiger partial charge >= 0.3 is 0 Å². The maximum absolute atomic E-state index is 6.31. The number of likely N-dealkylation sites (tertiary alicyclic amines) is 1. The lowest BCUT2D eigenvalue weighted by atomic mass is 10.0. The lowest BCUT2D eigenvalue weighted by molar-refractivity contribution is -0.0823. The van der Waals surface area contributed by atoms with Gasteiger partial charge in [-0.15, -0.1) is 0 Å². The van der Waals surface area contributed by atoms with E-state index in [1.165, 1.54) is 0 Å². The van der Waals surface area contributed by atoms with Crippen molar-refractivity contribution >= 4 is 0 Å². The molecule has 1 aromatic carbocycles. The molecule has 6 heteroatoms. The molecule has 1 spiro atoms. The average Bonchev–Trinajstić information content (AvgIpc) is 3.43. The third-order valence-electron chi connectivity index (χ3n) is 5.63. The maximum atomic E-state index is 6.31. The number of imidazole rings is 1. The van der Waals surface area contributed by atoms with Gasteiger partial charge in [-0.05, 0) is 42.8 Å². The number of hydrogen-bond acceptors (Lipinski definition) is 5. The Morgan fingerprint density at radius 3 is 2.85 bits per heavy atom. The molecule has 1 atom stereocenters. The smallest absolute Gasteiger partial charge is 0.135 e. The molecule has 0 saturated carbocycles. The number of methoxy groups -OCH3 is 1. The Labute approximate surface area is 158 Å². The molecule has 1 unspecified atom stereocenters. The molecule has 0 amide bonds. The Bertz CT molecular complexity index is 917. The first kappa shape index (κ1) is 16.6. The second kappa shape index (κ2) is 6.55. The predicted molar refractivity (Wildman–Crippen MR) is 100 cm³/mol. The van der Waals surface area contributed by atoms with Crippen molar-refractivity contribution in [2.45, 2.75) is 31.7 Å². The van der Waals surface area contributed by atoms with Gasteiger partial charge < -0.3 is 18.5 Å². The fourth-order valence-corrected chi connectivity index (χ4v) is 4.18. The van der Waals surface area contributed by atoms with Crippen LogP contribution in [0.2, 0.25) is 0 Å². The SMILES string of the molecule is COc1ccc(-c2cnc3n2CC2(CCN(Cc4ccco4)C2)OC3)cc1. The monoisotopic (exact) mass is 365 g/mol. The number of aromatic nitrogens is 2. The molecular weight excluding hydrogens is 342 g/mol. The van der Waals surface area contributed by atoms with Crippen LogP contribution in [0, 0.1) is 0 Å². The molecule has 140 valence electrons. The lowest BCUT2D eigenvalue weighted by Crippen LogP contribution is -2.44. The minimum atomic E-state index is -0.151. The zero-order valence-electron chi connectivity index (χ0n) is 15.4. The summed E-state index contributed by atoms with van der Waals surface area (Å²) in [5.41, 5.74) is 2.14. The minimum absolute atomic E-state index is 0.151. The average molecular weight is 365 g/mol. The summed E-state index contributed by atoms with van der Waals surface area (Å²) in [5.74, 6) is 2.86. The van der Waals surface area contributed by atoms with Crippen LogP contribution >= 0.6 is 0 Å². The van der Waals surface area contributed by atoms with E-state index >= 15 is 0 Å². The molecule has 1 saturated heterocycles. The first-order chi connectivity index (χ1) is 13.2. The molecule has 0 N–H and O–H groups in total.